The van der Waals surface area contributed by atoms with Crippen LogP contribution in [0.3, 0.4) is 0 Å². The molecule has 2 aromatic heterocycles. The fraction of sp³-hybridized carbons (Fsp3) is 0.368. The molecule has 142 valence electrons. The Morgan fingerprint density at radius 1 is 1.04 bits per heavy atom. The molecule has 0 bridgehead atoms. The van der Waals surface area contributed by atoms with E-state index >= 15 is 0 Å². The molecule has 3 rings (SSSR count). The normalized spacial score (nSPS) is 17.1. The van der Waals surface area contributed by atoms with E-state index in [1.807, 2.05) is 4.90 Å². The maximum absolute atomic E-state index is 12.9. The van der Waals surface area contributed by atoms with E-state index in [4.69, 9.17) is 23.2 Å². The minimum absolute atomic E-state index is 0.0514. The molecule has 1 saturated heterocycles. The van der Waals surface area contributed by atoms with Crippen LogP contribution in [0, 0.1) is 0 Å². The van der Waals surface area contributed by atoms with Crippen molar-refractivity contribution in [3.8, 4) is 0 Å². The average Bonchev–Trinajstić information content (AvgIpc) is 2.67. The number of hydrogen-bond donors (Lipinski definition) is 0. The third-order valence-electron chi connectivity index (χ3n) is 4.60. The molecule has 0 aromatic carbocycles. The number of aromatic nitrogens is 2. The van der Waals surface area contributed by atoms with Gasteiger partial charge in [-0.05, 0) is 30.7 Å². The zero-order valence-corrected chi connectivity index (χ0v) is 16.5. The lowest BCUT2D eigenvalue weighted by molar-refractivity contribution is 0.0370. The van der Waals surface area contributed by atoms with E-state index in [0.717, 1.165) is 12.8 Å². The van der Waals surface area contributed by atoms with Crippen LogP contribution in [0.25, 0.3) is 0 Å². The summed E-state index contributed by atoms with van der Waals surface area (Å²) in [5.74, 6) is -0.184. The second-order valence-electron chi connectivity index (χ2n) is 6.43. The van der Waals surface area contributed by atoms with Gasteiger partial charge in [-0.3, -0.25) is 9.59 Å². The van der Waals surface area contributed by atoms with Crippen molar-refractivity contribution in [3.05, 3.63) is 58.1 Å². The second kappa shape index (κ2) is 8.67. The van der Waals surface area contributed by atoms with E-state index in [1.165, 1.54) is 12.4 Å². The Morgan fingerprint density at radius 3 is 2.19 bits per heavy atom. The zero-order valence-electron chi connectivity index (χ0n) is 14.9. The molecule has 1 aliphatic rings. The molecule has 2 amide bonds. The Labute approximate surface area is 168 Å². The first-order valence-corrected chi connectivity index (χ1v) is 9.58. The Morgan fingerprint density at radius 2 is 1.63 bits per heavy atom. The summed E-state index contributed by atoms with van der Waals surface area (Å²) in [5.41, 5.74) is 1.02. The highest BCUT2D eigenvalue weighted by atomic mass is 35.5. The van der Waals surface area contributed by atoms with Crippen LogP contribution in [0.2, 0.25) is 10.3 Å². The molecule has 3 heterocycles. The SMILES string of the molecule is CCCC1CN(C(=O)c2ccnc(Cl)c2)CCN1C(=O)c1ccnc(Cl)c1. The number of carbonyl (C=O) groups excluding carboxylic acids is 2. The number of piperazine rings is 1. The first-order valence-electron chi connectivity index (χ1n) is 8.83. The molecule has 1 atom stereocenters. The summed E-state index contributed by atoms with van der Waals surface area (Å²) in [5, 5.41) is 0.575. The smallest absolute Gasteiger partial charge is 0.254 e. The number of pyridine rings is 2. The predicted molar refractivity (Wildman–Crippen MR) is 104 cm³/mol. The van der Waals surface area contributed by atoms with Crippen LogP contribution < -0.4 is 0 Å². The molecule has 0 spiro atoms. The number of halogens is 2. The van der Waals surface area contributed by atoms with Gasteiger partial charge in [-0.1, -0.05) is 36.5 Å². The molecular weight excluding hydrogens is 387 g/mol. The summed E-state index contributed by atoms with van der Waals surface area (Å²) in [4.78, 5) is 37.2. The first-order chi connectivity index (χ1) is 13.0. The van der Waals surface area contributed by atoms with Gasteiger partial charge in [0.15, 0.2) is 0 Å². The fourth-order valence-corrected chi connectivity index (χ4v) is 3.65. The highest BCUT2D eigenvalue weighted by Gasteiger charge is 2.33. The molecule has 6 nitrogen and oxygen atoms in total. The van der Waals surface area contributed by atoms with Gasteiger partial charge in [0, 0.05) is 49.2 Å². The molecule has 0 saturated carbocycles. The van der Waals surface area contributed by atoms with Gasteiger partial charge in [-0.15, -0.1) is 0 Å². The van der Waals surface area contributed by atoms with Crippen LogP contribution in [0.5, 0.6) is 0 Å². The van der Waals surface area contributed by atoms with Crippen molar-refractivity contribution < 1.29 is 9.59 Å². The van der Waals surface area contributed by atoms with E-state index in [9.17, 15) is 9.59 Å². The second-order valence-corrected chi connectivity index (χ2v) is 7.20. The number of amides is 2. The van der Waals surface area contributed by atoms with Crippen LogP contribution in [0.1, 0.15) is 40.5 Å². The molecular formula is C19H20Cl2N4O2. The standard InChI is InChI=1S/C19H20Cl2N4O2/c1-2-3-15-12-24(18(26)13-4-6-22-16(20)10-13)8-9-25(15)19(27)14-5-7-23-17(21)11-14/h4-7,10-11,15H,2-3,8-9,12H2,1H3. The Bertz CT molecular complexity index is 846. The molecule has 8 heteroatoms. The van der Waals surface area contributed by atoms with E-state index in [0.29, 0.717) is 30.8 Å². The van der Waals surface area contributed by atoms with Crippen LogP contribution in [0.4, 0.5) is 0 Å². The van der Waals surface area contributed by atoms with Gasteiger partial charge in [0.1, 0.15) is 10.3 Å². The minimum Gasteiger partial charge on any atom is -0.335 e. The van der Waals surface area contributed by atoms with Crippen molar-refractivity contribution in [3.63, 3.8) is 0 Å². The van der Waals surface area contributed by atoms with Crippen molar-refractivity contribution in [2.24, 2.45) is 0 Å². The van der Waals surface area contributed by atoms with Crippen molar-refractivity contribution >= 4 is 35.0 Å². The summed E-state index contributed by atoms with van der Waals surface area (Å²) < 4.78 is 0. The van der Waals surface area contributed by atoms with Crippen molar-refractivity contribution in [2.75, 3.05) is 19.6 Å². The molecule has 0 aliphatic carbocycles. The molecule has 1 unspecified atom stereocenters. The molecule has 0 N–H and O–H groups in total. The molecule has 1 fully saturated rings. The maximum Gasteiger partial charge on any atom is 0.254 e. The zero-order chi connectivity index (χ0) is 19.4. The van der Waals surface area contributed by atoms with E-state index in [1.54, 1.807) is 29.2 Å². The van der Waals surface area contributed by atoms with Crippen LogP contribution in [-0.4, -0.2) is 57.3 Å². The summed E-state index contributed by atoms with van der Waals surface area (Å²) in [6, 6.07) is 6.40. The predicted octanol–water partition coefficient (Wildman–Crippen LogP) is 3.55. The average molecular weight is 407 g/mol. The van der Waals surface area contributed by atoms with Gasteiger partial charge < -0.3 is 9.80 Å². The van der Waals surface area contributed by atoms with Gasteiger partial charge in [-0.2, -0.15) is 0 Å². The highest BCUT2D eigenvalue weighted by Crippen LogP contribution is 2.21. The fourth-order valence-electron chi connectivity index (χ4n) is 3.31. The van der Waals surface area contributed by atoms with Crippen LogP contribution in [0.15, 0.2) is 36.7 Å². The molecule has 2 aromatic rings. The number of rotatable bonds is 4. The summed E-state index contributed by atoms with van der Waals surface area (Å²) in [6.45, 7) is 3.48. The van der Waals surface area contributed by atoms with E-state index in [-0.39, 0.29) is 28.2 Å². The lowest BCUT2D eigenvalue weighted by Crippen LogP contribution is -2.56. The highest BCUT2D eigenvalue weighted by molar-refractivity contribution is 6.30. The lowest BCUT2D eigenvalue weighted by Gasteiger charge is -2.41. The van der Waals surface area contributed by atoms with Gasteiger partial charge in [0.05, 0.1) is 0 Å². The Hall–Kier alpha value is -2.18. The molecule has 27 heavy (non-hydrogen) atoms. The van der Waals surface area contributed by atoms with Gasteiger partial charge in [-0.25, -0.2) is 9.97 Å². The largest absolute Gasteiger partial charge is 0.335 e. The van der Waals surface area contributed by atoms with Crippen molar-refractivity contribution in [1.82, 2.24) is 19.8 Å². The molecule has 0 radical (unpaired) electrons. The maximum atomic E-state index is 12.9. The van der Waals surface area contributed by atoms with Gasteiger partial charge in [0.2, 0.25) is 0 Å². The summed E-state index contributed by atoms with van der Waals surface area (Å²) >= 11 is 11.8. The number of hydrogen-bond acceptors (Lipinski definition) is 4. The van der Waals surface area contributed by atoms with E-state index < -0.39 is 0 Å². The Balaban J connectivity index is 1.77. The third-order valence-corrected chi connectivity index (χ3v) is 5.01. The van der Waals surface area contributed by atoms with Crippen molar-refractivity contribution in [2.45, 2.75) is 25.8 Å². The van der Waals surface area contributed by atoms with Gasteiger partial charge >= 0.3 is 0 Å². The van der Waals surface area contributed by atoms with Crippen molar-refractivity contribution in [1.29, 1.82) is 0 Å². The Kier molecular flexibility index (Phi) is 6.29. The summed E-state index contributed by atoms with van der Waals surface area (Å²) in [7, 11) is 0. The summed E-state index contributed by atoms with van der Waals surface area (Å²) in [6.07, 6.45) is 4.77. The minimum atomic E-state index is -0.0977. The number of nitrogens with zero attached hydrogens (tertiary/aromatic N) is 4. The van der Waals surface area contributed by atoms with Crippen LogP contribution >= 0.6 is 23.2 Å². The van der Waals surface area contributed by atoms with Gasteiger partial charge in [0.25, 0.3) is 11.8 Å². The first kappa shape index (κ1) is 19.6. The lowest BCUT2D eigenvalue weighted by atomic mass is 10.0. The van der Waals surface area contributed by atoms with Crippen LogP contribution in [-0.2, 0) is 0 Å². The quantitative estimate of drug-likeness (QED) is 0.728. The topological polar surface area (TPSA) is 66.4 Å². The van der Waals surface area contributed by atoms with E-state index in [2.05, 4.69) is 16.9 Å². The monoisotopic (exact) mass is 406 g/mol. The number of carbonyl (C=O) groups is 2. The molecule has 1 aliphatic heterocycles. The third kappa shape index (κ3) is 4.57.